The third-order valence-corrected chi connectivity index (χ3v) is 1.68. The lowest BCUT2D eigenvalue weighted by Crippen LogP contribution is -2.02. The van der Waals surface area contributed by atoms with E-state index >= 15 is 0 Å². The lowest BCUT2D eigenvalue weighted by atomic mass is 10.1. The van der Waals surface area contributed by atoms with Crippen molar-refractivity contribution < 1.29 is 9.59 Å². The average Bonchev–Trinajstić information content (AvgIpc) is 2.18. The molecule has 68 valence electrons. The van der Waals surface area contributed by atoms with E-state index in [0.29, 0.717) is 18.3 Å². The molecule has 1 rings (SSSR count). The number of hydrogen-bond acceptors (Lipinski definition) is 4. The van der Waals surface area contributed by atoms with E-state index in [1.54, 1.807) is 6.07 Å². The van der Waals surface area contributed by atoms with Crippen LogP contribution in [0.2, 0.25) is 0 Å². The summed E-state index contributed by atoms with van der Waals surface area (Å²) < 4.78 is 0. The standard InChI is InChI=1S/C9H10N2O2/c1-2-3-7-4-8(5-12)10-11-9(7)6-13/h4-6H,2-3H2,1H3. The molecule has 0 saturated carbocycles. The Bertz CT molecular complexity index is 323. The molecule has 4 heteroatoms. The van der Waals surface area contributed by atoms with Crippen molar-refractivity contribution in [2.24, 2.45) is 0 Å². The largest absolute Gasteiger partial charge is 0.296 e. The number of hydrogen-bond donors (Lipinski definition) is 0. The Balaban J connectivity index is 3.09. The average molecular weight is 178 g/mol. The van der Waals surface area contributed by atoms with Gasteiger partial charge in [0.1, 0.15) is 11.4 Å². The summed E-state index contributed by atoms with van der Waals surface area (Å²) in [6.45, 7) is 2.00. The van der Waals surface area contributed by atoms with E-state index in [-0.39, 0.29) is 5.69 Å². The fourth-order valence-electron chi connectivity index (χ4n) is 1.08. The van der Waals surface area contributed by atoms with Crippen LogP contribution >= 0.6 is 0 Å². The second kappa shape index (κ2) is 4.45. The summed E-state index contributed by atoms with van der Waals surface area (Å²) in [4.78, 5) is 20.9. The first-order chi connectivity index (χ1) is 6.31. The minimum Gasteiger partial charge on any atom is -0.296 e. The number of nitrogens with zero attached hydrogens (tertiary/aromatic N) is 2. The van der Waals surface area contributed by atoms with Crippen LogP contribution in [0.1, 0.15) is 39.9 Å². The van der Waals surface area contributed by atoms with E-state index in [0.717, 1.165) is 18.4 Å². The quantitative estimate of drug-likeness (QED) is 0.646. The van der Waals surface area contributed by atoms with Gasteiger partial charge in [-0.2, -0.15) is 0 Å². The van der Waals surface area contributed by atoms with Crippen LogP contribution in [0.4, 0.5) is 0 Å². The topological polar surface area (TPSA) is 59.9 Å². The van der Waals surface area contributed by atoms with Crippen LogP contribution in [-0.2, 0) is 6.42 Å². The van der Waals surface area contributed by atoms with Gasteiger partial charge in [-0.1, -0.05) is 13.3 Å². The number of carbonyl (C=O) groups is 2. The predicted octanol–water partition coefficient (Wildman–Crippen LogP) is 1.05. The van der Waals surface area contributed by atoms with Gasteiger partial charge in [-0.25, -0.2) is 0 Å². The van der Waals surface area contributed by atoms with Gasteiger partial charge < -0.3 is 0 Å². The first kappa shape index (κ1) is 9.51. The van der Waals surface area contributed by atoms with Crippen LogP contribution in [0, 0.1) is 0 Å². The molecule has 0 fully saturated rings. The van der Waals surface area contributed by atoms with Crippen LogP contribution in [0.25, 0.3) is 0 Å². The minimum absolute atomic E-state index is 0.272. The molecule has 0 bridgehead atoms. The Kier molecular flexibility index (Phi) is 3.25. The molecule has 1 aromatic heterocycles. The molecule has 0 amide bonds. The van der Waals surface area contributed by atoms with Crippen LogP contribution in [-0.4, -0.2) is 22.8 Å². The fourth-order valence-corrected chi connectivity index (χ4v) is 1.08. The lowest BCUT2D eigenvalue weighted by molar-refractivity contribution is 0.110. The van der Waals surface area contributed by atoms with E-state index in [1.165, 1.54) is 0 Å². The van der Waals surface area contributed by atoms with Crippen molar-refractivity contribution in [3.8, 4) is 0 Å². The minimum atomic E-state index is 0.272. The van der Waals surface area contributed by atoms with Crippen LogP contribution in [0.15, 0.2) is 6.07 Å². The number of aromatic nitrogens is 2. The highest BCUT2D eigenvalue weighted by molar-refractivity contribution is 5.77. The summed E-state index contributed by atoms with van der Waals surface area (Å²) in [5.41, 5.74) is 1.39. The van der Waals surface area contributed by atoms with Crippen LogP contribution < -0.4 is 0 Å². The smallest absolute Gasteiger partial charge is 0.170 e. The number of rotatable bonds is 4. The SMILES string of the molecule is CCCc1cc(C=O)nnc1C=O. The summed E-state index contributed by atoms with van der Waals surface area (Å²) in [5, 5.41) is 7.20. The third-order valence-electron chi connectivity index (χ3n) is 1.68. The number of aryl methyl sites for hydroxylation is 1. The van der Waals surface area contributed by atoms with Gasteiger partial charge >= 0.3 is 0 Å². The summed E-state index contributed by atoms with van der Waals surface area (Å²) >= 11 is 0. The van der Waals surface area contributed by atoms with Crippen molar-refractivity contribution in [1.29, 1.82) is 0 Å². The molecule has 1 heterocycles. The second-order valence-electron chi connectivity index (χ2n) is 2.67. The van der Waals surface area contributed by atoms with Gasteiger partial charge in [0.15, 0.2) is 12.6 Å². The fraction of sp³-hybridized carbons (Fsp3) is 0.333. The van der Waals surface area contributed by atoms with Crippen molar-refractivity contribution >= 4 is 12.6 Å². The molecule has 1 aromatic rings. The summed E-state index contributed by atoms with van der Waals surface area (Å²) in [7, 11) is 0. The molecular weight excluding hydrogens is 168 g/mol. The Labute approximate surface area is 76.0 Å². The Morgan fingerprint density at radius 2 is 2.08 bits per heavy atom. The van der Waals surface area contributed by atoms with E-state index in [2.05, 4.69) is 10.2 Å². The number of aldehydes is 2. The van der Waals surface area contributed by atoms with Crippen LogP contribution in [0.5, 0.6) is 0 Å². The molecule has 0 aliphatic rings. The predicted molar refractivity (Wildman–Crippen MR) is 46.8 cm³/mol. The second-order valence-corrected chi connectivity index (χ2v) is 2.67. The maximum atomic E-state index is 10.5. The van der Waals surface area contributed by atoms with Crippen molar-refractivity contribution in [3.05, 3.63) is 23.0 Å². The Hall–Kier alpha value is -1.58. The zero-order valence-corrected chi connectivity index (χ0v) is 7.36. The normalized spacial score (nSPS) is 9.62. The summed E-state index contributed by atoms with van der Waals surface area (Å²) in [5.74, 6) is 0. The molecule has 0 unspecified atom stereocenters. The highest BCUT2D eigenvalue weighted by atomic mass is 16.1. The molecule has 4 nitrogen and oxygen atoms in total. The maximum Gasteiger partial charge on any atom is 0.170 e. The molecular formula is C9H10N2O2. The summed E-state index contributed by atoms with van der Waals surface area (Å²) in [6, 6.07) is 1.60. The van der Waals surface area contributed by atoms with Crippen molar-refractivity contribution in [3.63, 3.8) is 0 Å². The monoisotopic (exact) mass is 178 g/mol. The van der Waals surface area contributed by atoms with Gasteiger partial charge in [0.05, 0.1) is 0 Å². The van der Waals surface area contributed by atoms with Gasteiger partial charge in [-0.05, 0) is 18.1 Å². The molecule has 13 heavy (non-hydrogen) atoms. The van der Waals surface area contributed by atoms with Gasteiger partial charge in [0.25, 0.3) is 0 Å². The molecule has 0 aliphatic carbocycles. The van der Waals surface area contributed by atoms with E-state index in [9.17, 15) is 9.59 Å². The molecule has 0 aliphatic heterocycles. The zero-order chi connectivity index (χ0) is 9.68. The lowest BCUT2D eigenvalue weighted by Gasteiger charge is -2.00. The Morgan fingerprint density at radius 3 is 2.62 bits per heavy atom. The van der Waals surface area contributed by atoms with Crippen molar-refractivity contribution in [2.75, 3.05) is 0 Å². The first-order valence-electron chi connectivity index (χ1n) is 4.08. The molecule has 0 radical (unpaired) electrons. The van der Waals surface area contributed by atoms with Crippen LogP contribution in [0.3, 0.4) is 0 Å². The summed E-state index contributed by atoms with van der Waals surface area (Å²) in [6.07, 6.45) is 2.93. The van der Waals surface area contributed by atoms with Gasteiger partial charge in [0, 0.05) is 0 Å². The van der Waals surface area contributed by atoms with Gasteiger partial charge in [0.2, 0.25) is 0 Å². The van der Waals surface area contributed by atoms with Crippen molar-refractivity contribution in [2.45, 2.75) is 19.8 Å². The van der Waals surface area contributed by atoms with Gasteiger partial charge in [-0.15, -0.1) is 10.2 Å². The molecule has 0 atom stereocenters. The third kappa shape index (κ3) is 2.18. The maximum absolute atomic E-state index is 10.5. The molecule has 0 aromatic carbocycles. The van der Waals surface area contributed by atoms with E-state index in [1.807, 2.05) is 6.92 Å². The van der Waals surface area contributed by atoms with E-state index < -0.39 is 0 Å². The Morgan fingerprint density at radius 1 is 1.31 bits per heavy atom. The molecule has 0 spiro atoms. The molecule has 0 N–H and O–H groups in total. The zero-order valence-electron chi connectivity index (χ0n) is 7.36. The number of carbonyl (C=O) groups excluding carboxylic acids is 2. The van der Waals surface area contributed by atoms with E-state index in [4.69, 9.17) is 0 Å². The first-order valence-corrected chi connectivity index (χ1v) is 4.08. The van der Waals surface area contributed by atoms with Crippen molar-refractivity contribution in [1.82, 2.24) is 10.2 Å². The highest BCUT2D eigenvalue weighted by Gasteiger charge is 2.04. The molecule has 0 saturated heterocycles. The highest BCUT2D eigenvalue weighted by Crippen LogP contribution is 2.06. The van der Waals surface area contributed by atoms with Gasteiger partial charge in [-0.3, -0.25) is 9.59 Å².